The van der Waals surface area contributed by atoms with Crippen molar-refractivity contribution in [1.82, 2.24) is 9.55 Å². The number of fused-ring (bicyclic) bond motifs is 1. The lowest BCUT2D eigenvalue weighted by Crippen LogP contribution is -2.23. The number of halogens is 3. The second kappa shape index (κ2) is 9.33. The van der Waals surface area contributed by atoms with Gasteiger partial charge in [-0.2, -0.15) is 0 Å². The van der Waals surface area contributed by atoms with Crippen LogP contribution in [0.25, 0.3) is 22.0 Å². The fraction of sp³-hybridized carbons (Fsp3) is 0.259. The van der Waals surface area contributed by atoms with Gasteiger partial charge in [0.25, 0.3) is 5.56 Å². The molecule has 1 N–H and O–H groups in total. The van der Waals surface area contributed by atoms with Crippen LogP contribution in [0, 0.1) is 17.5 Å². The molecule has 6 nitrogen and oxygen atoms in total. The molecule has 0 unspecified atom stereocenters. The van der Waals surface area contributed by atoms with Gasteiger partial charge >= 0.3 is 0 Å². The zero-order chi connectivity index (χ0) is 26.5. The standard InChI is InChI=1S/C27H23F3N2O4S/c1-2-15-5-8-22-20(10-15)24(19-4-3-9-31-27(19)34)26(23(33)14-37(35,36)18-6-7-18)32(22)13-16-11-17(28)12-21(29)25(16)30/h3-5,8-12,18H,2,6-7,13-14H2,1H3,(H,31,34). The van der Waals surface area contributed by atoms with E-state index in [4.69, 9.17) is 0 Å². The number of rotatable bonds is 8. The summed E-state index contributed by atoms with van der Waals surface area (Å²) >= 11 is 0. The van der Waals surface area contributed by atoms with E-state index in [0.29, 0.717) is 36.2 Å². The van der Waals surface area contributed by atoms with E-state index in [1.807, 2.05) is 6.92 Å². The van der Waals surface area contributed by atoms with Gasteiger partial charge in [0.05, 0.1) is 17.5 Å². The highest BCUT2D eigenvalue weighted by atomic mass is 32.2. The Morgan fingerprint density at radius 2 is 1.86 bits per heavy atom. The Hall–Kier alpha value is -3.66. The number of benzene rings is 2. The molecule has 10 heteroatoms. The summed E-state index contributed by atoms with van der Waals surface area (Å²) in [6, 6.07) is 9.57. The van der Waals surface area contributed by atoms with Crippen molar-refractivity contribution in [2.75, 3.05) is 5.75 Å². The molecule has 1 saturated carbocycles. The maximum absolute atomic E-state index is 14.7. The minimum atomic E-state index is -3.75. The predicted octanol–water partition coefficient (Wildman–Crippen LogP) is 4.78. The lowest BCUT2D eigenvalue weighted by atomic mass is 10.00. The topological polar surface area (TPSA) is 89.0 Å². The molecule has 192 valence electrons. The summed E-state index contributed by atoms with van der Waals surface area (Å²) in [5.41, 5.74) is 0.593. The van der Waals surface area contributed by atoms with Crippen molar-refractivity contribution < 1.29 is 26.4 Å². The van der Waals surface area contributed by atoms with Gasteiger partial charge in [0, 0.05) is 39.9 Å². The van der Waals surface area contributed by atoms with Crippen molar-refractivity contribution in [2.24, 2.45) is 0 Å². The monoisotopic (exact) mass is 528 g/mol. The maximum atomic E-state index is 14.7. The number of carbonyl (C=O) groups is 1. The number of pyridine rings is 1. The van der Waals surface area contributed by atoms with E-state index < -0.39 is 56.2 Å². The highest BCUT2D eigenvalue weighted by Crippen LogP contribution is 2.37. The normalized spacial score (nSPS) is 13.8. The second-order valence-corrected chi connectivity index (χ2v) is 11.5. The zero-order valence-electron chi connectivity index (χ0n) is 19.9. The van der Waals surface area contributed by atoms with Gasteiger partial charge in [-0.05, 0) is 55.2 Å². The number of Topliss-reactive ketones (excluding diaryl/α,β-unsaturated/α-hetero) is 1. The third-order valence-corrected chi connectivity index (χ3v) is 8.80. The largest absolute Gasteiger partial charge is 0.333 e. The summed E-state index contributed by atoms with van der Waals surface area (Å²) in [6.07, 6.45) is 3.00. The number of nitrogens with one attached hydrogen (secondary N) is 1. The number of aromatic amines is 1. The van der Waals surface area contributed by atoms with E-state index in [1.165, 1.54) is 16.8 Å². The van der Waals surface area contributed by atoms with Gasteiger partial charge in [-0.3, -0.25) is 9.59 Å². The minimum Gasteiger partial charge on any atom is -0.333 e. The summed E-state index contributed by atoms with van der Waals surface area (Å²) in [5, 5.41) is -0.125. The van der Waals surface area contributed by atoms with E-state index in [2.05, 4.69) is 4.98 Å². The number of nitrogens with zero attached hydrogens (tertiary/aromatic N) is 1. The molecule has 2 heterocycles. The van der Waals surface area contributed by atoms with Gasteiger partial charge in [0.15, 0.2) is 27.3 Å². The molecule has 0 bridgehead atoms. The lowest BCUT2D eigenvalue weighted by Gasteiger charge is -2.13. The van der Waals surface area contributed by atoms with Crippen molar-refractivity contribution in [3.05, 3.63) is 93.3 Å². The molecule has 0 saturated heterocycles. The Morgan fingerprint density at radius 3 is 2.54 bits per heavy atom. The molecular weight excluding hydrogens is 505 g/mol. The van der Waals surface area contributed by atoms with Crippen molar-refractivity contribution in [2.45, 2.75) is 38.0 Å². The summed E-state index contributed by atoms with van der Waals surface area (Å²) in [5.74, 6) is -5.24. The van der Waals surface area contributed by atoms with Gasteiger partial charge in [-0.1, -0.05) is 13.0 Å². The van der Waals surface area contributed by atoms with Crippen molar-refractivity contribution in [3.63, 3.8) is 0 Å². The Balaban J connectivity index is 1.83. The third kappa shape index (κ3) is 4.61. The van der Waals surface area contributed by atoms with Crippen LogP contribution in [-0.2, 0) is 22.8 Å². The number of H-pyrrole nitrogens is 1. The molecule has 2 aromatic carbocycles. The van der Waals surface area contributed by atoms with Gasteiger partial charge in [0.2, 0.25) is 0 Å². The van der Waals surface area contributed by atoms with Gasteiger partial charge < -0.3 is 9.55 Å². The highest BCUT2D eigenvalue weighted by Gasteiger charge is 2.38. The molecule has 1 fully saturated rings. The summed E-state index contributed by atoms with van der Waals surface area (Å²) in [7, 11) is -3.75. The van der Waals surface area contributed by atoms with Crippen LogP contribution in [0.15, 0.2) is 53.5 Å². The van der Waals surface area contributed by atoms with E-state index in [-0.39, 0.29) is 22.4 Å². The van der Waals surface area contributed by atoms with Crippen LogP contribution in [-0.4, -0.2) is 34.8 Å². The predicted molar refractivity (Wildman–Crippen MR) is 134 cm³/mol. The van der Waals surface area contributed by atoms with Crippen LogP contribution in [0.5, 0.6) is 0 Å². The fourth-order valence-corrected chi connectivity index (χ4v) is 6.25. The first kappa shape index (κ1) is 25.0. The lowest BCUT2D eigenvalue weighted by molar-refractivity contribution is 0.101. The molecular formula is C27H23F3N2O4S. The first-order valence-corrected chi connectivity index (χ1v) is 13.5. The summed E-state index contributed by atoms with van der Waals surface area (Å²) in [6.45, 7) is 1.46. The average Bonchev–Trinajstić information content (AvgIpc) is 3.67. The second-order valence-electron chi connectivity index (χ2n) is 9.22. The third-order valence-electron chi connectivity index (χ3n) is 6.65. The average molecular weight is 529 g/mol. The van der Waals surface area contributed by atoms with E-state index in [0.717, 1.165) is 11.6 Å². The van der Waals surface area contributed by atoms with Crippen LogP contribution in [0.2, 0.25) is 0 Å². The van der Waals surface area contributed by atoms with Crippen LogP contribution < -0.4 is 5.56 Å². The minimum absolute atomic E-state index is 0.123. The first-order valence-electron chi connectivity index (χ1n) is 11.8. The molecule has 2 aromatic heterocycles. The number of hydrogen-bond acceptors (Lipinski definition) is 4. The van der Waals surface area contributed by atoms with Crippen LogP contribution in [0.3, 0.4) is 0 Å². The number of sulfone groups is 1. The Bertz CT molecular complexity index is 1720. The number of ketones is 1. The first-order chi connectivity index (χ1) is 17.6. The maximum Gasteiger partial charge on any atom is 0.255 e. The molecule has 0 aliphatic heterocycles. The van der Waals surface area contributed by atoms with Gasteiger partial charge in [-0.25, -0.2) is 21.6 Å². The smallest absolute Gasteiger partial charge is 0.255 e. The SMILES string of the molecule is CCc1ccc2c(c1)c(-c1ccc[nH]c1=O)c(C(=O)CS(=O)(=O)C1CC1)n2Cc1cc(F)cc(F)c1F. The van der Waals surface area contributed by atoms with E-state index in [9.17, 15) is 31.2 Å². The molecule has 5 rings (SSSR count). The molecule has 0 radical (unpaired) electrons. The van der Waals surface area contributed by atoms with Crippen LogP contribution >= 0.6 is 0 Å². The summed E-state index contributed by atoms with van der Waals surface area (Å²) < 4.78 is 69.6. The molecule has 0 amide bonds. The fourth-order valence-electron chi connectivity index (χ4n) is 4.66. The molecule has 1 aliphatic rings. The van der Waals surface area contributed by atoms with Gasteiger partial charge in [-0.15, -0.1) is 0 Å². The molecule has 37 heavy (non-hydrogen) atoms. The van der Waals surface area contributed by atoms with Crippen molar-refractivity contribution in [1.29, 1.82) is 0 Å². The Labute approximate surface area is 210 Å². The molecule has 0 spiro atoms. The number of carbonyl (C=O) groups excluding carboxylic acids is 1. The van der Waals surface area contributed by atoms with Crippen LogP contribution in [0.4, 0.5) is 13.2 Å². The zero-order valence-corrected chi connectivity index (χ0v) is 20.7. The van der Waals surface area contributed by atoms with Gasteiger partial charge in [0.1, 0.15) is 11.6 Å². The van der Waals surface area contributed by atoms with Crippen molar-refractivity contribution in [3.8, 4) is 11.1 Å². The van der Waals surface area contributed by atoms with E-state index in [1.54, 1.807) is 24.3 Å². The number of hydrogen-bond donors (Lipinski definition) is 1. The molecule has 4 aromatic rings. The molecule has 1 aliphatic carbocycles. The molecule has 0 atom stereocenters. The highest BCUT2D eigenvalue weighted by molar-refractivity contribution is 7.93. The van der Waals surface area contributed by atoms with E-state index >= 15 is 0 Å². The summed E-state index contributed by atoms with van der Waals surface area (Å²) in [4.78, 5) is 29.1. The quantitative estimate of drug-likeness (QED) is 0.263. The number of aryl methyl sites for hydroxylation is 1. The van der Waals surface area contributed by atoms with Crippen molar-refractivity contribution >= 4 is 26.5 Å². The van der Waals surface area contributed by atoms with Crippen LogP contribution in [0.1, 0.15) is 41.4 Å². The Kier molecular flexibility index (Phi) is 6.31. The number of aromatic nitrogens is 2. The Morgan fingerprint density at radius 1 is 1.11 bits per heavy atom.